The number of aryl methyl sites for hydroxylation is 1. The molecule has 3 aromatic rings. The Bertz CT molecular complexity index is 847. The topological polar surface area (TPSA) is 54.9 Å². The van der Waals surface area contributed by atoms with Crippen LogP contribution >= 0.6 is 0 Å². The Morgan fingerprint density at radius 3 is 2.48 bits per heavy atom. The fourth-order valence-electron chi connectivity index (χ4n) is 2.13. The van der Waals surface area contributed by atoms with E-state index < -0.39 is 0 Å². The predicted molar refractivity (Wildman–Crippen MR) is 86.6 cm³/mol. The standard InChI is InChI=1S/C18H14FN3O/c1-12-5-2-3-8-16(12)22-18(23)14-10-20-17(21-11-14)13-6-4-7-15(19)9-13/h2-11H,1H3,(H,22,23). The minimum atomic E-state index is -0.354. The first-order valence-electron chi connectivity index (χ1n) is 7.08. The molecule has 0 atom stereocenters. The van der Waals surface area contributed by atoms with Gasteiger partial charge in [-0.3, -0.25) is 4.79 Å². The molecule has 0 aliphatic heterocycles. The summed E-state index contributed by atoms with van der Waals surface area (Å²) in [7, 11) is 0. The molecule has 1 N–H and O–H groups in total. The first kappa shape index (κ1) is 14.8. The summed E-state index contributed by atoms with van der Waals surface area (Å²) in [4.78, 5) is 20.5. The number of hydrogen-bond donors (Lipinski definition) is 1. The van der Waals surface area contributed by atoms with E-state index in [-0.39, 0.29) is 11.7 Å². The van der Waals surface area contributed by atoms with Gasteiger partial charge in [-0.25, -0.2) is 14.4 Å². The van der Waals surface area contributed by atoms with Crippen molar-refractivity contribution in [2.45, 2.75) is 6.92 Å². The number of rotatable bonds is 3. The summed E-state index contributed by atoms with van der Waals surface area (Å²) in [5, 5.41) is 2.82. The molecular weight excluding hydrogens is 293 g/mol. The van der Waals surface area contributed by atoms with Gasteiger partial charge in [0, 0.05) is 23.6 Å². The van der Waals surface area contributed by atoms with Crippen LogP contribution in [-0.4, -0.2) is 15.9 Å². The second-order valence-corrected chi connectivity index (χ2v) is 5.07. The van der Waals surface area contributed by atoms with Crippen LogP contribution in [0.2, 0.25) is 0 Å². The van der Waals surface area contributed by atoms with Gasteiger partial charge in [-0.1, -0.05) is 30.3 Å². The summed E-state index contributed by atoms with van der Waals surface area (Å²) < 4.78 is 13.2. The quantitative estimate of drug-likeness (QED) is 0.799. The number of aromatic nitrogens is 2. The molecule has 114 valence electrons. The van der Waals surface area contributed by atoms with E-state index in [0.717, 1.165) is 11.3 Å². The van der Waals surface area contributed by atoms with E-state index in [1.54, 1.807) is 12.1 Å². The first-order valence-corrected chi connectivity index (χ1v) is 7.08. The predicted octanol–water partition coefficient (Wildman–Crippen LogP) is 3.84. The van der Waals surface area contributed by atoms with E-state index in [2.05, 4.69) is 15.3 Å². The van der Waals surface area contributed by atoms with Crippen molar-refractivity contribution < 1.29 is 9.18 Å². The minimum absolute atomic E-state index is 0.287. The van der Waals surface area contributed by atoms with Crippen LogP contribution in [0.5, 0.6) is 0 Å². The molecule has 23 heavy (non-hydrogen) atoms. The number of para-hydroxylation sites is 1. The Balaban J connectivity index is 1.79. The number of carbonyl (C=O) groups is 1. The van der Waals surface area contributed by atoms with Crippen LogP contribution in [0.1, 0.15) is 15.9 Å². The van der Waals surface area contributed by atoms with Gasteiger partial charge in [-0.2, -0.15) is 0 Å². The van der Waals surface area contributed by atoms with Crippen LogP contribution in [0.15, 0.2) is 60.9 Å². The van der Waals surface area contributed by atoms with Crippen molar-refractivity contribution in [2.75, 3.05) is 5.32 Å². The van der Waals surface area contributed by atoms with Gasteiger partial charge in [0.15, 0.2) is 5.82 Å². The summed E-state index contributed by atoms with van der Waals surface area (Å²) in [5.74, 6) is -0.269. The molecule has 0 spiro atoms. The van der Waals surface area contributed by atoms with Gasteiger partial charge in [0.05, 0.1) is 5.56 Å². The van der Waals surface area contributed by atoms with Gasteiger partial charge in [0.1, 0.15) is 5.82 Å². The van der Waals surface area contributed by atoms with Crippen LogP contribution in [0.4, 0.5) is 10.1 Å². The Hall–Kier alpha value is -3.08. The number of halogens is 1. The highest BCUT2D eigenvalue weighted by molar-refractivity contribution is 6.04. The summed E-state index contributed by atoms with van der Waals surface area (Å²) in [5.41, 5.74) is 2.62. The average Bonchev–Trinajstić information content (AvgIpc) is 2.57. The molecule has 2 aromatic carbocycles. The zero-order valence-corrected chi connectivity index (χ0v) is 12.5. The van der Waals surface area contributed by atoms with E-state index in [9.17, 15) is 9.18 Å². The second kappa shape index (κ2) is 6.36. The molecule has 0 radical (unpaired) electrons. The summed E-state index contributed by atoms with van der Waals surface area (Å²) in [6, 6.07) is 13.5. The maximum absolute atomic E-state index is 13.2. The van der Waals surface area contributed by atoms with E-state index in [4.69, 9.17) is 0 Å². The van der Waals surface area contributed by atoms with Crippen LogP contribution < -0.4 is 5.32 Å². The highest BCUT2D eigenvalue weighted by atomic mass is 19.1. The van der Waals surface area contributed by atoms with Gasteiger partial charge in [-0.15, -0.1) is 0 Å². The highest BCUT2D eigenvalue weighted by Crippen LogP contribution is 2.17. The molecule has 4 nitrogen and oxygen atoms in total. The smallest absolute Gasteiger partial charge is 0.258 e. The lowest BCUT2D eigenvalue weighted by atomic mass is 10.2. The number of amides is 1. The molecule has 0 saturated carbocycles. The van der Waals surface area contributed by atoms with Crippen LogP contribution in [-0.2, 0) is 0 Å². The monoisotopic (exact) mass is 307 g/mol. The van der Waals surface area contributed by atoms with E-state index in [1.807, 2.05) is 31.2 Å². The third-order valence-electron chi connectivity index (χ3n) is 3.39. The number of carbonyl (C=O) groups excluding carboxylic acids is 1. The Morgan fingerprint density at radius 1 is 1.04 bits per heavy atom. The third-order valence-corrected chi connectivity index (χ3v) is 3.39. The lowest BCUT2D eigenvalue weighted by molar-refractivity contribution is 0.102. The molecule has 3 rings (SSSR count). The Morgan fingerprint density at radius 2 is 1.78 bits per heavy atom. The molecule has 0 aliphatic carbocycles. The fraction of sp³-hybridized carbons (Fsp3) is 0.0556. The molecule has 0 fully saturated rings. The van der Waals surface area contributed by atoms with Crippen molar-refractivity contribution in [1.82, 2.24) is 9.97 Å². The number of nitrogens with one attached hydrogen (secondary N) is 1. The molecule has 0 saturated heterocycles. The Labute approximate surface area is 133 Å². The van der Waals surface area contributed by atoms with E-state index >= 15 is 0 Å². The number of benzene rings is 2. The zero-order valence-electron chi connectivity index (χ0n) is 12.5. The summed E-state index contributed by atoms with van der Waals surface area (Å²) in [6.45, 7) is 1.92. The number of hydrogen-bond acceptors (Lipinski definition) is 3. The fourth-order valence-corrected chi connectivity index (χ4v) is 2.13. The lowest BCUT2D eigenvalue weighted by Crippen LogP contribution is -2.13. The molecule has 1 amide bonds. The van der Waals surface area contributed by atoms with Gasteiger partial charge >= 0.3 is 0 Å². The van der Waals surface area contributed by atoms with Crippen molar-refractivity contribution in [3.63, 3.8) is 0 Å². The molecule has 0 unspecified atom stereocenters. The van der Waals surface area contributed by atoms with Crippen molar-refractivity contribution in [3.8, 4) is 11.4 Å². The molecule has 1 heterocycles. The number of anilines is 1. The van der Waals surface area contributed by atoms with E-state index in [0.29, 0.717) is 17.0 Å². The Kier molecular flexibility index (Phi) is 4.10. The van der Waals surface area contributed by atoms with Gasteiger partial charge < -0.3 is 5.32 Å². The third kappa shape index (κ3) is 3.40. The summed E-state index contributed by atoms with van der Waals surface area (Å²) >= 11 is 0. The maximum atomic E-state index is 13.2. The SMILES string of the molecule is Cc1ccccc1NC(=O)c1cnc(-c2cccc(F)c2)nc1. The highest BCUT2D eigenvalue weighted by Gasteiger charge is 2.10. The normalized spacial score (nSPS) is 10.3. The van der Waals surface area contributed by atoms with Crippen molar-refractivity contribution in [1.29, 1.82) is 0 Å². The second-order valence-electron chi connectivity index (χ2n) is 5.07. The van der Waals surface area contributed by atoms with Crippen molar-refractivity contribution in [2.24, 2.45) is 0 Å². The van der Waals surface area contributed by atoms with Gasteiger partial charge in [-0.05, 0) is 30.7 Å². The largest absolute Gasteiger partial charge is 0.322 e. The summed E-state index contributed by atoms with van der Waals surface area (Å²) in [6.07, 6.45) is 2.86. The molecule has 1 aromatic heterocycles. The average molecular weight is 307 g/mol. The van der Waals surface area contributed by atoms with Crippen molar-refractivity contribution in [3.05, 3.63) is 77.9 Å². The molecule has 0 bridgehead atoms. The van der Waals surface area contributed by atoms with Crippen molar-refractivity contribution >= 4 is 11.6 Å². The molecule has 0 aliphatic rings. The lowest BCUT2D eigenvalue weighted by Gasteiger charge is -2.08. The van der Waals surface area contributed by atoms with Gasteiger partial charge in [0.25, 0.3) is 5.91 Å². The van der Waals surface area contributed by atoms with Crippen LogP contribution in [0, 0.1) is 12.7 Å². The zero-order chi connectivity index (χ0) is 16.2. The van der Waals surface area contributed by atoms with Crippen LogP contribution in [0.3, 0.4) is 0 Å². The minimum Gasteiger partial charge on any atom is -0.322 e. The van der Waals surface area contributed by atoms with Crippen LogP contribution in [0.25, 0.3) is 11.4 Å². The molecular formula is C18H14FN3O. The maximum Gasteiger partial charge on any atom is 0.258 e. The van der Waals surface area contributed by atoms with Gasteiger partial charge in [0.2, 0.25) is 0 Å². The number of nitrogens with zero attached hydrogens (tertiary/aromatic N) is 2. The first-order chi connectivity index (χ1) is 11.1. The van der Waals surface area contributed by atoms with E-state index in [1.165, 1.54) is 24.5 Å². The molecule has 5 heteroatoms.